The predicted molar refractivity (Wildman–Crippen MR) is 138 cm³/mol. The summed E-state index contributed by atoms with van der Waals surface area (Å²) in [6.07, 6.45) is 0.979. The second-order valence-electron chi connectivity index (χ2n) is 10.2. The summed E-state index contributed by atoms with van der Waals surface area (Å²) in [5.74, 6) is -2.01. The van der Waals surface area contributed by atoms with Crippen molar-refractivity contribution < 1.29 is 32.6 Å². The highest BCUT2D eigenvalue weighted by Gasteiger charge is 2.39. The maximum atomic E-state index is 15.4. The van der Waals surface area contributed by atoms with Crippen LogP contribution in [0.25, 0.3) is 22.3 Å². The van der Waals surface area contributed by atoms with E-state index in [2.05, 4.69) is 4.98 Å². The minimum atomic E-state index is -3.84. The van der Waals surface area contributed by atoms with E-state index in [1.165, 1.54) is 28.7 Å². The highest BCUT2D eigenvalue weighted by molar-refractivity contribution is 7.92. The van der Waals surface area contributed by atoms with Crippen molar-refractivity contribution in [1.82, 2.24) is 4.98 Å². The zero-order valence-corrected chi connectivity index (χ0v) is 22.3. The van der Waals surface area contributed by atoms with Crippen LogP contribution in [0.4, 0.5) is 10.1 Å². The second-order valence-corrected chi connectivity index (χ2v) is 12.1. The molecule has 1 atom stereocenters. The monoisotopic (exact) mass is 528 g/mol. The number of halogens is 1. The first-order chi connectivity index (χ1) is 17.1. The molecule has 1 aromatic heterocycles. The van der Waals surface area contributed by atoms with Crippen LogP contribution in [0.5, 0.6) is 5.88 Å². The number of fused-ring (bicyclic) bond motifs is 3. The van der Waals surface area contributed by atoms with Gasteiger partial charge in [0.05, 0.1) is 24.1 Å². The SMILES string of the molecule is Cc1c(-c2ccc(O)nc2)c([C@H](OC(C)(C)C)C(=O)O)c(C)c2c1-c1c(F)cccc1CN2S(C)(=O)=O. The van der Waals surface area contributed by atoms with Crippen LogP contribution >= 0.6 is 0 Å². The molecule has 0 spiro atoms. The molecule has 0 bridgehead atoms. The summed E-state index contributed by atoms with van der Waals surface area (Å²) in [7, 11) is -3.84. The van der Waals surface area contributed by atoms with E-state index in [9.17, 15) is 23.4 Å². The topological polar surface area (TPSA) is 117 Å². The lowest BCUT2D eigenvalue weighted by Crippen LogP contribution is -2.35. The van der Waals surface area contributed by atoms with Crippen molar-refractivity contribution >= 4 is 21.7 Å². The number of nitrogens with zero attached hydrogens (tertiary/aromatic N) is 2. The Morgan fingerprint density at radius 3 is 2.32 bits per heavy atom. The average Bonchev–Trinajstić information content (AvgIpc) is 2.78. The minimum Gasteiger partial charge on any atom is -0.493 e. The maximum Gasteiger partial charge on any atom is 0.337 e. The molecule has 3 aromatic rings. The fourth-order valence-electron chi connectivity index (χ4n) is 4.94. The molecule has 2 aromatic carbocycles. The standard InChI is InChI=1S/C27H29FN2O6S/c1-14-20(16-10-11-19(31)29-12-16)22(25(26(32)33)36-27(3,4)5)15(2)24-21(14)23-17(8-7-9-18(23)28)13-30(24)37(6,34)35/h7-12,25H,13H2,1-6H3,(H,29,31)(H,32,33)/t25-/m0/s1. The summed E-state index contributed by atoms with van der Waals surface area (Å²) in [5.41, 5.74) is 2.38. The molecular weight excluding hydrogens is 499 g/mol. The van der Waals surface area contributed by atoms with E-state index in [4.69, 9.17) is 4.74 Å². The normalized spacial score (nSPS) is 14.2. The lowest BCUT2D eigenvalue weighted by atomic mass is 9.80. The van der Waals surface area contributed by atoms with E-state index in [0.717, 1.165) is 6.26 Å². The minimum absolute atomic E-state index is 0.101. The molecule has 2 N–H and O–H groups in total. The van der Waals surface area contributed by atoms with Crippen molar-refractivity contribution in [2.24, 2.45) is 0 Å². The van der Waals surface area contributed by atoms with Crippen LogP contribution in [0, 0.1) is 19.7 Å². The number of hydrogen-bond donors (Lipinski definition) is 2. The van der Waals surface area contributed by atoms with Gasteiger partial charge in [0.1, 0.15) is 5.82 Å². The lowest BCUT2D eigenvalue weighted by Gasteiger charge is -2.37. The first-order valence-electron chi connectivity index (χ1n) is 11.6. The Balaban J connectivity index is 2.23. The summed E-state index contributed by atoms with van der Waals surface area (Å²) >= 11 is 0. The second kappa shape index (κ2) is 9.11. The first kappa shape index (κ1) is 26.6. The van der Waals surface area contributed by atoms with E-state index in [-0.39, 0.29) is 29.2 Å². The van der Waals surface area contributed by atoms with Crippen LogP contribution < -0.4 is 4.31 Å². The van der Waals surface area contributed by atoms with E-state index in [1.54, 1.807) is 46.8 Å². The number of benzene rings is 2. The Hall–Kier alpha value is -3.50. The largest absolute Gasteiger partial charge is 0.493 e. The molecule has 10 heteroatoms. The Bertz CT molecular complexity index is 1510. The quantitative estimate of drug-likeness (QED) is 0.473. The van der Waals surface area contributed by atoms with E-state index < -0.39 is 33.5 Å². The summed E-state index contributed by atoms with van der Waals surface area (Å²) in [5, 5.41) is 20.1. The molecule has 0 aliphatic carbocycles. The summed E-state index contributed by atoms with van der Waals surface area (Å²) < 4.78 is 48.5. The third kappa shape index (κ3) is 4.78. The molecule has 0 fully saturated rings. The van der Waals surface area contributed by atoms with Crippen LogP contribution in [0.15, 0.2) is 36.5 Å². The number of ether oxygens (including phenoxy) is 1. The molecule has 1 aliphatic rings. The van der Waals surface area contributed by atoms with Gasteiger partial charge in [0.15, 0.2) is 6.10 Å². The number of anilines is 1. The third-order valence-electron chi connectivity index (χ3n) is 6.32. The van der Waals surface area contributed by atoms with E-state index in [1.807, 2.05) is 0 Å². The highest BCUT2D eigenvalue weighted by Crippen LogP contribution is 2.52. The molecule has 0 saturated heterocycles. The fourth-order valence-corrected chi connectivity index (χ4v) is 5.88. The predicted octanol–water partition coefficient (Wildman–Crippen LogP) is 5.10. The average molecular weight is 529 g/mol. The van der Waals surface area contributed by atoms with Gasteiger partial charge in [-0.15, -0.1) is 0 Å². The number of aromatic hydroxyl groups is 1. The number of pyridine rings is 1. The summed E-state index contributed by atoms with van der Waals surface area (Å²) in [6.45, 7) is 8.38. The van der Waals surface area contributed by atoms with Gasteiger partial charge < -0.3 is 14.9 Å². The van der Waals surface area contributed by atoms with Gasteiger partial charge in [0, 0.05) is 34.5 Å². The Morgan fingerprint density at radius 1 is 1.11 bits per heavy atom. The number of carboxylic acids is 1. The zero-order valence-electron chi connectivity index (χ0n) is 21.5. The molecule has 2 heterocycles. The number of aliphatic carboxylic acids is 1. The van der Waals surface area contributed by atoms with E-state index >= 15 is 4.39 Å². The van der Waals surface area contributed by atoms with Crippen LogP contribution in [-0.2, 0) is 26.1 Å². The van der Waals surface area contributed by atoms with Gasteiger partial charge in [0.2, 0.25) is 15.9 Å². The molecule has 37 heavy (non-hydrogen) atoms. The number of sulfonamides is 1. The van der Waals surface area contributed by atoms with Crippen molar-refractivity contribution in [3.8, 4) is 28.1 Å². The van der Waals surface area contributed by atoms with Gasteiger partial charge in [-0.3, -0.25) is 4.31 Å². The van der Waals surface area contributed by atoms with Gasteiger partial charge in [-0.05, 0) is 69.0 Å². The Morgan fingerprint density at radius 2 is 1.78 bits per heavy atom. The van der Waals surface area contributed by atoms with Crippen LogP contribution in [0.2, 0.25) is 0 Å². The smallest absolute Gasteiger partial charge is 0.337 e. The molecule has 196 valence electrons. The molecule has 4 rings (SSSR count). The van der Waals surface area contributed by atoms with Crippen molar-refractivity contribution in [3.63, 3.8) is 0 Å². The lowest BCUT2D eigenvalue weighted by molar-refractivity contribution is -0.160. The summed E-state index contributed by atoms with van der Waals surface area (Å²) in [6, 6.07) is 7.46. The number of rotatable bonds is 5. The third-order valence-corrected chi connectivity index (χ3v) is 7.44. The molecular formula is C27H29FN2O6S. The van der Waals surface area contributed by atoms with Crippen molar-refractivity contribution in [3.05, 3.63) is 64.6 Å². The molecule has 0 unspecified atom stereocenters. The molecule has 0 radical (unpaired) electrons. The number of hydrogen-bond acceptors (Lipinski definition) is 6. The van der Waals surface area contributed by atoms with E-state index in [0.29, 0.717) is 33.4 Å². The highest BCUT2D eigenvalue weighted by atomic mass is 32.2. The van der Waals surface area contributed by atoms with Gasteiger partial charge in [-0.2, -0.15) is 0 Å². The Labute approximate surface area is 215 Å². The van der Waals surface area contributed by atoms with Gasteiger partial charge in [-0.1, -0.05) is 12.1 Å². The zero-order chi connectivity index (χ0) is 27.4. The summed E-state index contributed by atoms with van der Waals surface area (Å²) in [4.78, 5) is 16.6. The number of aromatic nitrogens is 1. The van der Waals surface area contributed by atoms with Crippen molar-refractivity contribution in [1.29, 1.82) is 0 Å². The molecule has 0 amide bonds. The van der Waals surface area contributed by atoms with Gasteiger partial charge >= 0.3 is 5.97 Å². The van der Waals surface area contributed by atoms with Crippen molar-refractivity contribution in [2.45, 2.75) is 52.9 Å². The molecule has 0 saturated carbocycles. The Kier molecular flexibility index (Phi) is 6.54. The first-order valence-corrected chi connectivity index (χ1v) is 13.4. The van der Waals surface area contributed by atoms with Crippen LogP contribution in [0.3, 0.4) is 0 Å². The number of carbonyl (C=O) groups is 1. The van der Waals surface area contributed by atoms with Gasteiger partial charge in [0.25, 0.3) is 0 Å². The van der Waals surface area contributed by atoms with Crippen LogP contribution in [0.1, 0.15) is 49.1 Å². The number of carboxylic acid groups (broad SMARTS) is 1. The van der Waals surface area contributed by atoms with Crippen molar-refractivity contribution in [2.75, 3.05) is 10.6 Å². The molecule has 1 aliphatic heterocycles. The molecule has 8 nitrogen and oxygen atoms in total. The van der Waals surface area contributed by atoms with Crippen LogP contribution in [-0.4, -0.2) is 41.4 Å². The fraction of sp³-hybridized carbons (Fsp3) is 0.333. The van der Waals surface area contributed by atoms with Gasteiger partial charge in [-0.25, -0.2) is 22.6 Å². The maximum absolute atomic E-state index is 15.4.